The summed E-state index contributed by atoms with van der Waals surface area (Å²) in [6, 6.07) is 17.6. The van der Waals surface area contributed by atoms with Gasteiger partial charge >= 0.3 is 0 Å². The van der Waals surface area contributed by atoms with E-state index in [0.717, 1.165) is 24.3 Å². The normalized spacial score (nSPS) is 14.0. The number of benzene rings is 1. The molecule has 0 spiro atoms. The van der Waals surface area contributed by atoms with Gasteiger partial charge in [-0.05, 0) is 18.6 Å². The third-order valence-corrected chi connectivity index (χ3v) is 4.88. The van der Waals surface area contributed by atoms with E-state index in [1.807, 2.05) is 42.5 Å². The van der Waals surface area contributed by atoms with Crippen LogP contribution in [0.2, 0.25) is 0 Å². The van der Waals surface area contributed by atoms with E-state index in [0.29, 0.717) is 50.6 Å². The maximum absolute atomic E-state index is 5.86. The molecule has 166 valence electrons. The Bertz CT molecular complexity index is 1020. The molecule has 1 saturated heterocycles. The highest BCUT2D eigenvalue weighted by Crippen LogP contribution is 2.26. The highest BCUT2D eigenvalue weighted by atomic mass is 16.5. The lowest BCUT2D eigenvalue weighted by atomic mass is 10.1. The third-order valence-electron chi connectivity index (χ3n) is 4.88. The summed E-state index contributed by atoms with van der Waals surface area (Å²) in [5.74, 6) is 1.57. The van der Waals surface area contributed by atoms with Gasteiger partial charge in [0.15, 0.2) is 5.82 Å². The van der Waals surface area contributed by atoms with Gasteiger partial charge in [0.05, 0.1) is 19.8 Å². The van der Waals surface area contributed by atoms with Gasteiger partial charge in [0.1, 0.15) is 13.2 Å². The maximum atomic E-state index is 5.86. The summed E-state index contributed by atoms with van der Waals surface area (Å²) in [7, 11) is 0. The SMILES string of the molecule is Cc1cccc(CN=Nc2cc(N3CCOCC3)cc(OCCOc3ccccn3)n2)c1. The van der Waals surface area contributed by atoms with Crippen LogP contribution in [0.3, 0.4) is 0 Å². The third kappa shape index (κ3) is 6.49. The highest BCUT2D eigenvalue weighted by Gasteiger charge is 2.14. The first kappa shape index (κ1) is 21.7. The van der Waals surface area contributed by atoms with Crippen molar-refractivity contribution in [2.24, 2.45) is 10.2 Å². The highest BCUT2D eigenvalue weighted by molar-refractivity contribution is 5.55. The Morgan fingerprint density at radius 2 is 1.81 bits per heavy atom. The molecule has 32 heavy (non-hydrogen) atoms. The topological polar surface area (TPSA) is 81.4 Å². The van der Waals surface area contributed by atoms with Gasteiger partial charge in [-0.2, -0.15) is 10.1 Å². The van der Waals surface area contributed by atoms with E-state index < -0.39 is 0 Å². The summed E-state index contributed by atoms with van der Waals surface area (Å²) in [6.07, 6.45) is 1.69. The fourth-order valence-corrected chi connectivity index (χ4v) is 3.33. The minimum atomic E-state index is 0.343. The minimum Gasteiger partial charge on any atom is -0.474 e. The zero-order chi connectivity index (χ0) is 22.0. The van der Waals surface area contributed by atoms with E-state index in [9.17, 15) is 0 Å². The molecule has 3 aromatic rings. The summed E-state index contributed by atoms with van der Waals surface area (Å²) in [4.78, 5) is 10.9. The molecule has 0 atom stereocenters. The lowest BCUT2D eigenvalue weighted by Gasteiger charge is -2.29. The molecule has 1 aromatic carbocycles. The Morgan fingerprint density at radius 3 is 2.59 bits per heavy atom. The molecule has 4 rings (SSSR count). The van der Waals surface area contributed by atoms with Crippen LogP contribution in [-0.2, 0) is 11.3 Å². The number of morpholine rings is 1. The van der Waals surface area contributed by atoms with E-state index in [1.54, 1.807) is 6.20 Å². The maximum Gasteiger partial charge on any atom is 0.217 e. The van der Waals surface area contributed by atoms with E-state index >= 15 is 0 Å². The van der Waals surface area contributed by atoms with Crippen LogP contribution in [0.15, 0.2) is 71.0 Å². The molecule has 0 bridgehead atoms. The Hall–Kier alpha value is -3.52. The van der Waals surface area contributed by atoms with Crippen LogP contribution in [0.5, 0.6) is 11.8 Å². The number of anilines is 1. The van der Waals surface area contributed by atoms with Gasteiger partial charge in [0.25, 0.3) is 0 Å². The molecular formula is C24H27N5O3. The van der Waals surface area contributed by atoms with Crippen molar-refractivity contribution in [1.29, 1.82) is 0 Å². The first-order chi connectivity index (χ1) is 15.8. The first-order valence-electron chi connectivity index (χ1n) is 10.7. The van der Waals surface area contributed by atoms with Crippen molar-refractivity contribution in [3.63, 3.8) is 0 Å². The Kier molecular flexibility index (Phi) is 7.60. The van der Waals surface area contributed by atoms with Gasteiger partial charge in [-0.25, -0.2) is 4.98 Å². The molecule has 0 radical (unpaired) electrons. The van der Waals surface area contributed by atoms with Crippen molar-refractivity contribution in [3.05, 3.63) is 71.9 Å². The van der Waals surface area contributed by atoms with Crippen molar-refractivity contribution in [2.45, 2.75) is 13.5 Å². The number of nitrogens with zero attached hydrogens (tertiary/aromatic N) is 5. The van der Waals surface area contributed by atoms with Crippen LogP contribution in [0.1, 0.15) is 11.1 Å². The molecule has 0 unspecified atom stereocenters. The summed E-state index contributed by atoms with van der Waals surface area (Å²) < 4.78 is 16.9. The molecule has 0 aliphatic carbocycles. The molecule has 0 amide bonds. The second-order valence-electron chi connectivity index (χ2n) is 7.37. The average Bonchev–Trinajstić information content (AvgIpc) is 2.83. The van der Waals surface area contributed by atoms with Gasteiger partial charge in [0.2, 0.25) is 11.8 Å². The van der Waals surface area contributed by atoms with Gasteiger partial charge in [-0.1, -0.05) is 35.9 Å². The summed E-state index contributed by atoms with van der Waals surface area (Å²) in [5, 5.41) is 8.71. The number of hydrogen-bond acceptors (Lipinski definition) is 8. The van der Waals surface area contributed by atoms with E-state index in [1.165, 1.54) is 5.56 Å². The molecule has 8 nitrogen and oxygen atoms in total. The van der Waals surface area contributed by atoms with Crippen molar-refractivity contribution in [2.75, 3.05) is 44.4 Å². The Labute approximate surface area is 187 Å². The molecule has 1 aliphatic rings. The number of aromatic nitrogens is 2. The molecule has 8 heteroatoms. The van der Waals surface area contributed by atoms with Gasteiger partial charge in [-0.15, -0.1) is 5.11 Å². The number of ether oxygens (including phenoxy) is 3. The standard InChI is InChI=1S/C24H27N5O3/c1-19-5-4-6-20(15-19)18-26-28-22-16-21(29-9-11-30-12-10-29)17-24(27-22)32-14-13-31-23-7-2-3-8-25-23/h2-8,15-17H,9-14,18H2,1H3. The van der Waals surface area contributed by atoms with Crippen molar-refractivity contribution < 1.29 is 14.2 Å². The minimum absolute atomic E-state index is 0.343. The predicted molar refractivity (Wildman–Crippen MR) is 122 cm³/mol. The van der Waals surface area contributed by atoms with Gasteiger partial charge < -0.3 is 19.1 Å². The smallest absolute Gasteiger partial charge is 0.217 e. The zero-order valence-corrected chi connectivity index (χ0v) is 18.2. The molecular weight excluding hydrogens is 406 g/mol. The van der Waals surface area contributed by atoms with Crippen molar-refractivity contribution >= 4 is 11.5 Å². The molecule has 1 fully saturated rings. The second-order valence-corrected chi connectivity index (χ2v) is 7.37. The lowest BCUT2D eigenvalue weighted by molar-refractivity contribution is 0.122. The molecule has 0 saturated carbocycles. The van der Waals surface area contributed by atoms with Crippen LogP contribution < -0.4 is 14.4 Å². The van der Waals surface area contributed by atoms with Crippen LogP contribution in [0.4, 0.5) is 11.5 Å². The second kappa shape index (κ2) is 11.2. The number of pyridine rings is 2. The fourth-order valence-electron chi connectivity index (χ4n) is 3.33. The van der Waals surface area contributed by atoms with E-state index in [2.05, 4.69) is 44.2 Å². The summed E-state index contributed by atoms with van der Waals surface area (Å²) in [5.41, 5.74) is 3.31. The average molecular weight is 434 g/mol. The summed E-state index contributed by atoms with van der Waals surface area (Å²) in [6.45, 7) is 6.29. The molecule has 1 aliphatic heterocycles. The van der Waals surface area contributed by atoms with Gasteiger partial charge in [-0.3, -0.25) is 0 Å². The fraction of sp³-hybridized carbons (Fsp3) is 0.333. The van der Waals surface area contributed by atoms with Gasteiger partial charge in [0, 0.05) is 43.2 Å². The summed E-state index contributed by atoms with van der Waals surface area (Å²) >= 11 is 0. The monoisotopic (exact) mass is 433 g/mol. The quantitative estimate of drug-likeness (QED) is 0.368. The molecule has 0 N–H and O–H groups in total. The Balaban J connectivity index is 1.42. The lowest BCUT2D eigenvalue weighted by Crippen LogP contribution is -2.36. The zero-order valence-electron chi connectivity index (χ0n) is 18.2. The van der Waals surface area contributed by atoms with Crippen LogP contribution in [0.25, 0.3) is 0 Å². The number of azo groups is 1. The Morgan fingerprint density at radius 1 is 0.969 bits per heavy atom. The van der Waals surface area contributed by atoms with Crippen molar-refractivity contribution in [1.82, 2.24) is 9.97 Å². The van der Waals surface area contributed by atoms with E-state index in [-0.39, 0.29) is 0 Å². The van der Waals surface area contributed by atoms with Crippen LogP contribution in [0, 0.1) is 6.92 Å². The van der Waals surface area contributed by atoms with Crippen LogP contribution >= 0.6 is 0 Å². The number of hydrogen-bond donors (Lipinski definition) is 0. The van der Waals surface area contributed by atoms with E-state index in [4.69, 9.17) is 14.2 Å². The molecule has 2 aromatic heterocycles. The predicted octanol–water partition coefficient (Wildman–Crippen LogP) is 4.36. The van der Waals surface area contributed by atoms with Crippen molar-refractivity contribution in [3.8, 4) is 11.8 Å². The number of rotatable bonds is 9. The van der Waals surface area contributed by atoms with Crippen LogP contribution in [-0.4, -0.2) is 49.5 Å². The number of aryl methyl sites for hydroxylation is 1. The molecule has 3 heterocycles. The largest absolute Gasteiger partial charge is 0.474 e. The first-order valence-corrected chi connectivity index (χ1v) is 10.7.